The fourth-order valence-corrected chi connectivity index (χ4v) is 1.82. The van der Waals surface area contributed by atoms with Crippen LogP contribution in [0.3, 0.4) is 0 Å². The number of furan rings is 1. The summed E-state index contributed by atoms with van der Waals surface area (Å²) in [5.74, 6) is 1.32. The van der Waals surface area contributed by atoms with E-state index in [1.807, 2.05) is 36.4 Å². The maximum absolute atomic E-state index is 11.4. The molecule has 4 nitrogen and oxygen atoms in total. The molecule has 0 aliphatic rings. The number of oxazole rings is 1. The molecule has 0 radical (unpaired) electrons. The molecule has 3 aromatic rings. The van der Waals surface area contributed by atoms with Gasteiger partial charge in [0.2, 0.25) is 0 Å². The van der Waals surface area contributed by atoms with Gasteiger partial charge in [-0.15, -0.1) is 0 Å². The largest absolute Gasteiger partial charge is 0.457 e. The van der Waals surface area contributed by atoms with Gasteiger partial charge in [0.1, 0.15) is 16.9 Å². The molecule has 19 heavy (non-hydrogen) atoms. The minimum Gasteiger partial charge on any atom is -0.457 e. The van der Waals surface area contributed by atoms with Crippen molar-refractivity contribution in [2.24, 2.45) is 0 Å². The summed E-state index contributed by atoms with van der Waals surface area (Å²) < 4.78 is 10.4. The van der Waals surface area contributed by atoms with E-state index in [0.717, 1.165) is 11.3 Å². The Labute approximate surface area is 108 Å². The summed E-state index contributed by atoms with van der Waals surface area (Å²) in [5, 5.41) is 0.318. The Balaban J connectivity index is 2.03. The van der Waals surface area contributed by atoms with Crippen molar-refractivity contribution in [3.63, 3.8) is 0 Å². The average molecular weight is 253 g/mol. The highest BCUT2D eigenvalue weighted by atomic mass is 16.4. The Morgan fingerprint density at radius 1 is 1.05 bits per heavy atom. The van der Waals surface area contributed by atoms with Crippen LogP contribution in [0.15, 0.2) is 56.1 Å². The lowest BCUT2D eigenvalue weighted by Gasteiger charge is -1.94. The molecule has 0 unspecified atom stereocenters. The molecular weight excluding hydrogens is 242 g/mol. The van der Waals surface area contributed by atoms with Gasteiger partial charge in [-0.1, -0.05) is 30.3 Å². The van der Waals surface area contributed by atoms with Gasteiger partial charge in [-0.3, -0.25) is 0 Å². The van der Waals surface area contributed by atoms with Crippen molar-refractivity contribution in [2.75, 3.05) is 0 Å². The molecule has 0 bridgehead atoms. The topological polar surface area (TPSA) is 59.1 Å². The van der Waals surface area contributed by atoms with E-state index in [4.69, 9.17) is 8.83 Å². The Kier molecular flexibility index (Phi) is 2.68. The summed E-state index contributed by atoms with van der Waals surface area (Å²) in [4.78, 5) is 14.1. The Hall–Kier alpha value is -2.75. The summed E-state index contributed by atoms with van der Waals surface area (Å²) in [6, 6.07) is 13.4. The van der Waals surface area contributed by atoms with Crippen LogP contribution >= 0.6 is 0 Å². The van der Waals surface area contributed by atoms with E-state index in [9.17, 15) is 4.79 Å². The highest BCUT2D eigenvalue weighted by Crippen LogP contribution is 2.21. The summed E-state index contributed by atoms with van der Waals surface area (Å²) in [5.41, 5.74) is 0.757. The number of benzene rings is 1. The van der Waals surface area contributed by atoms with Gasteiger partial charge in [0.25, 0.3) is 0 Å². The van der Waals surface area contributed by atoms with Crippen molar-refractivity contribution in [1.82, 2.24) is 4.98 Å². The van der Waals surface area contributed by atoms with Gasteiger partial charge in [-0.25, -0.2) is 4.79 Å². The molecule has 0 spiro atoms. The fourth-order valence-electron chi connectivity index (χ4n) is 1.82. The van der Waals surface area contributed by atoms with Gasteiger partial charge >= 0.3 is 5.63 Å². The van der Waals surface area contributed by atoms with Crippen LogP contribution in [-0.4, -0.2) is 4.98 Å². The second-order valence-corrected chi connectivity index (χ2v) is 4.06. The van der Waals surface area contributed by atoms with Crippen LogP contribution in [0.4, 0.5) is 0 Å². The average Bonchev–Trinajstić information content (AvgIpc) is 2.99. The number of H-pyrrole nitrogens is 1. The fraction of sp³-hybridized carbons (Fsp3) is 0. The zero-order chi connectivity index (χ0) is 13.2. The highest BCUT2D eigenvalue weighted by molar-refractivity contribution is 5.59. The first-order chi connectivity index (χ1) is 9.22. The normalized spacial score (nSPS) is 11.9. The van der Waals surface area contributed by atoms with Crippen LogP contribution < -0.4 is 16.5 Å². The van der Waals surface area contributed by atoms with E-state index in [1.165, 1.54) is 0 Å². The molecule has 0 amide bonds. The molecule has 1 aromatic carbocycles. The first kappa shape index (κ1) is 11.3. The predicted molar refractivity (Wildman–Crippen MR) is 71.8 cm³/mol. The zero-order valence-electron chi connectivity index (χ0n) is 10.1. The number of hydrogen-bond acceptors (Lipinski definition) is 3. The molecule has 0 saturated carbocycles. The second-order valence-electron chi connectivity index (χ2n) is 4.06. The van der Waals surface area contributed by atoms with Crippen LogP contribution in [0.25, 0.3) is 24.0 Å². The van der Waals surface area contributed by atoms with E-state index in [-0.39, 0.29) is 5.55 Å². The summed E-state index contributed by atoms with van der Waals surface area (Å²) in [7, 11) is 0. The number of hydrogen-bond donors (Lipinski definition) is 1. The third-order valence-corrected chi connectivity index (χ3v) is 2.68. The summed E-state index contributed by atoms with van der Waals surface area (Å²) in [6.07, 6.45) is 1.59. The minimum absolute atomic E-state index is 0.228. The van der Waals surface area contributed by atoms with Gasteiger partial charge < -0.3 is 13.8 Å². The summed E-state index contributed by atoms with van der Waals surface area (Å²) in [6.45, 7) is 3.52. The first-order valence-corrected chi connectivity index (χ1v) is 5.77. The smallest absolute Gasteiger partial charge is 0.361 e. The Bertz CT molecular complexity index is 853. The molecule has 0 aliphatic carbocycles. The van der Waals surface area contributed by atoms with Crippen molar-refractivity contribution >= 4 is 12.7 Å². The van der Waals surface area contributed by atoms with Crippen molar-refractivity contribution in [1.29, 1.82) is 0 Å². The maximum atomic E-state index is 11.4. The van der Waals surface area contributed by atoms with Gasteiger partial charge in [0.05, 0.1) is 0 Å². The van der Waals surface area contributed by atoms with E-state index in [2.05, 4.69) is 11.6 Å². The van der Waals surface area contributed by atoms with Crippen molar-refractivity contribution in [2.45, 2.75) is 0 Å². The molecule has 0 fully saturated rings. The van der Waals surface area contributed by atoms with Crippen LogP contribution in [0.5, 0.6) is 0 Å². The number of rotatable bonds is 2. The molecule has 4 heteroatoms. The third-order valence-electron chi connectivity index (χ3n) is 2.68. The first-order valence-electron chi connectivity index (χ1n) is 5.77. The monoisotopic (exact) mass is 253 g/mol. The summed E-state index contributed by atoms with van der Waals surface area (Å²) >= 11 is 0. The lowest BCUT2D eigenvalue weighted by molar-refractivity contribution is 0.488. The standard InChI is InChI=1S/C15H11NO3/c1-10-16-13(15(17)18-10)9-12-7-8-14(19-12)11-5-3-2-4-6-11/h2-9,16H,1H2. The van der Waals surface area contributed by atoms with Crippen molar-refractivity contribution in [3.8, 4) is 11.3 Å². The van der Waals surface area contributed by atoms with Gasteiger partial charge in [0, 0.05) is 11.6 Å². The van der Waals surface area contributed by atoms with Crippen LogP contribution in [0.1, 0.15) is 5.76 Å². The Morgan fingerprint density at radius 3 is 2.53 bits per heavy atom. The highest BCUT2D eigenvalue weighted by Gasteiger charge is 2.03. The molecule has 94 valence electrons. The molecule has 2 heterocycles. The maximum Gasteiger partial charge on any atom is 0.361 e. The quantitative estimate of drug-likeness (QED) is 0.752. The molecule has 2 aromatic heterocycles. The van der Waals surface area contributed by atoms with Gasteiger partial charge in [-0.2, -0.15) is 0 Å². The molecule has 3 rings (SSSR count). The molecule has 0 atom stereocenters. The van der Waals surface area contributed by atoms with Crippen LogP contribution in [0.2, 0.25) is 0 Å². The lowest BCUT2D eigenvalue weighted by Crippen LogP contribution is -2.20. The molecule has 1 N–H and O–H groups in total. The molecule has 0 aliphatic heterocycles. The molecular formula is C15H11NO3. The number of nitrogens with one attached hydrogen (secondary N) is 1. The van der Waals surface area contributed by atoms with Crippen molar-refractivity contribution < 1.29 is 8.83 Å². The van der Waals surface area contributed by atoms with E-state index >= 15 is 0 Å². The van der Waals surface area contributed by atoms with Crippen molar-refractivity contribution in [3.05, 3.63) is 69.5 Å². The Morgan fingerprint density at radius 2 is 1.84 bits per heavy atom. The minimum atomic E-state index is -0.456. The van der Waals surface area contributed by atoms with Crippen LogP contribution in [-0.2, 0) is 0 Å². The van der Waals surface area contributed by atoms with E-state index < -0.39 is 5.63 Å². The third kappa shape index (κ3) is 2.28. The van der Waals surface area contributed by atoms with Gasteiger partial charge in [0.15, 0.2) is 5.55 Å². The SMILES string of the molecule is C=c1[nH]c(=Cc2ccc(-c3ccccc3)o2)c(=O)o1. The molecule has 0 saturated heterocycles. The zero-order valence-corrected chi connectivity index (χ0v) is 10.1. The lowest BCUT2D eigenvalue weighted by atomic mass is 10.2. The van der Waals surface area contributed by atoms with E-state index in [0.29, 0.717) is 11.1 Å². The van der Waals surface area contributed by atoms with Crippen LogP contribution in [0, 0.1) is 0 Å². The predicted octanol–water partition coefficient (Wildman–Crippen LogP) is 1.47. The number of aromatic nitrogens is 1. The second kappa shape index (κ2) is 4.49. The van der Waals surface area contributed by atoms with Gasteiger partial charge in [-0.05, 0) is 18.7 Å². The van der Waals surface area contributed by atoms with E-state index in [1.54, 1.807) is 12.1 Å². The number of aromatic amines is 1.